The van der Waals surface area contributed by atoms with Gasteiger partial charge in [0.05, 0.1) is 0 Å². The van der Waals surface area contributed by atoms with Crippen molar-refractivity contribution >= 4 is 0 Å². The summed E-state index contributed by atoms with van der Waals surface area (Å²) in [5.41, 5.74) is 2.71. The molecule has 0 radical (unpaired) electrons. The Bertz CT molecular complexity index is 308. The monoisotopic (exact) mass is 234 g/mol. The zero-order valence-electron chi connectivity index (χ0n) is 11.4. The number of benzene rings is 1. The number of rotatable bonds is 8. The van der Waals surface area contributed by atoms with E-state index in [1.54, 1.807) is 0 Å². The number of hydrogen-bond donors (Lipinski definition) is 2. The lowest BCUT2D eigenvalue weighted by atomic mass is 10.1. The maximum Gasteiger partial charge on any atom is 0.0205 e. The first-order valence-corrected chi connectivity index (χ1v) is 6.65. The lowest BCUT2D eigenvalue weighted by Crippen LogP contribution is -2.24. The van der Waals surface area contributed by atoms with E-state index in [9.17, 15) is 0 Å². The predicted molar refractivity (Wildman–Crippen MR) is 75.2 cm³/mol. The smallest absolute Gasteiger partial charge is 0.0205 e. The van der Waals surface area contributed by atoms with Gasteiger partial charge in [0.25, 0.3) is 0 Å². The molecule has 0 saturated carbocycles. The summed E-state index contributed by atoms with van der Waals surface area (Å²) >= 11 is 0. The Morgan fingerprint density at radius 1 is 1.12 bits per heavy atom. The number of aryl methyl sites for hydroxylation is 1. The van der Waals surface area contributed by atoms with Crippen LogP contribution < -0.4 is 10.6 Å². The van der Waals surface area contributed by atoms with Crippen LogP contribution in [0.2, 0.25) is 0 Å². The van der Waals surface area contributed by atoms with Gasteiger partial charge in [0, 0.05) is 6.54 Å². The molecule has 1 rings (SSSR count). The van der Waals surface area contributed by atoms with E-state index in [2.05, 4.69) is 55.7 Å². The van der Waals surface area contributed by atoms with E-state index in [1.165, 1.54) is 17.5 Å². The Morgan fingerprint density at radius 2 is 1.88 bits per heavy atom. The summed E-state index contributed by atoms with van der Waals surface area (Å²) in [6.07, 6.45) is 1.19. The lowest BCUT2D eigenvalue weighted by Gasteiger charge is -2.08. The van der Waals surface area contributed by atoms with Gasteiger partial charge in [0.2, 0.25) is 0 Å². The summed E-state index contributed by atoms with van der Waals surface area (Å²) in [6.45, 7) is 10.9. The highest BCUT2D eigenvalue weighted by atomic mass is 14.9. The quantitative estimate of drug-likeness (QED) is 0.676. The van der Waals surface area contributed by atoms with Crippen LogP contribution in [0.15, 0.2) is 24.3 Å². The fourth-order valence-electron chi connectivity index (χ4n) is 1.78. The fraction of sp³-hybridized carbons (Fsp3) is 0.600. The molecular formula is C15H26N2. The van der Waals surface area contributed by atoms with E-state index in [1.807, 2.05) is 0 Å². The molecule has 0 fully saturated rings. The van der Waals surface area contributed by atoms with Gasteiger partial charge < -0.3 is 10.6 Å². The topological polar surface area (TPSA) is 24.1 Å². The highest BCUT2D eigenvalue weighted by Gasteiger charge is 1.94. The molecule has 96 valence electrons. The SMILES string of the molecule is Cc1cccc(CNCCCNCC(C)C)c1. The Kier molecular flexibility index (Phi) is 6.90. The van der Waals surface area contributed by atoms with Crippen molar-refractivity contribution in [3.05, 3.63) is 35.4 Å². The van der Waals surface area contributed by atoms with Crippen LogP contribution in [0, 0.1) is 12.8 Å². The maximum absolute atomic E-state index is 3.48. The van der Waals surface area contributed by atoms with Gasteiger partial charge in [-0.25, -0.2) is 0 Å². The second-order valence-corrected chi connectivity index (χ2v) is 5.12. The average molecular weight is 234 g/mol. The van der Waals surface area contributed by atoms with E-state index in [4.69, 9.17) is 0 Å². The summed E-state index contributed by atoms with van der Waals surface area (Å²) in [4.78, 5) is 0. The fourth-order valence-corrected chi connectivity index (χ4v) is 1.78. The summed E-state index contributed by atoms with van der Waals surface area (Å²) in [6, 6.07) is 8.68. The molecule has 2 N–H and O–H groups in total. The first-order chi connectivity index (χ1) is 8.18. The predicted octanol–water partition coefficient (Wildman–Crippen LogP) is 2.72. The molecule has 0 unspecified atom stereocenters. The van der Waals surface area contributed by atoms with E-state index in [0.717, 1.165) is 32.1 Å². The molecule has 0 saturated heterocycles. The standard InChI is InChI=1S/C15H26N2/c1-13(2)11-16-8-5-9-17-12-15-7-4-6-14(3)10-15/h4,6-7,10,13,16-17H,5,8-9,11-12H2,1-3H3. The van der Waals surface area contributed by atoms with Crippen LogP contribution >= 0.6 is 0 Å². The van der Waals surface area contributed by atoms with Crippen molar-refractivity contribution in [3.63, 3.8) is 0 Å². The summed E-state index contributed by atoms with van der Waals surface area (Å²) < 4.78 is 0. The normalized spacial score (nSPS) is 11.1. The zero-order chi connectivity index (χ0) is 12.5. The molecule has 0 aliphatic rings. The molecule has 1 aromatic rings. The van der Waals surface area contributed by atoms with Gasteiger partial charge >= 0.3 is 0 Å². The van der Waals surface area contributed by atoms with Gasteiger partial charge in [-0.05, 0) is 44.5 Å². The maximum atomic E-state index is 3.48. The third-order valence-corrected chi connectivity index (χ3v) is 2.67. The first-order valence-electron chi connectivity index (χ1n) is 6.65. The van der Waals surface area contributed by atoms with Gasteiger partial charge in [-0.15, -0.1) is 0 Å². The molecule has 0 aromatic heterocycles. The largest absolute Gasteiger partial charge is 0.316 e. The van der Waals surface area contributed by atoms with Crippen LogP contribution in [-0.4, -0.2) is 19.6 Å². The molecule has 1 aromatic carbocycles. The molecule has 17 heavy (non-hydrogen) atoms. The van der Waals surface area contributed by atoms with Gasteiger partial charge in [0.15, 0.2) is 0 Å². The van der Waals surface area contributed by atoms with Crippen molar-refractivity contribution in [2.75, 3.05) is 19.6 Å². The van der Waals surface area contributed by atoms with Crippen molar-refractivity contribution in [1.82, 2.24) is 10.6 Å². The third kappa shape index (κ3) is 7.14. The Balaban J connectivity index is 2.01. The molecule has 0 aliphatic heterocycles. The second-order valence-electron chi connectivity index (χ2n) is 5.12. The summed E-state index contributed by atoms with van der Waals surface area (Å²) in [7, 11) is 0. The van der Waals surface area contributed by atoms with Crippen molar-refractivity contribution in [1.29, 1.82) is 0 Å². The van der Waals surface area contributed by atoms with Gasteiger partial charge in [-0.3, -0.25) is 0 Å². The highest BCUT2D eigenvalue weighted by Crippen LogP contribution is 2.02. The second kappa shape index (κ2) is 8.26. The molecular weight excluding hydrogens is 208 g/mol. The minimum Gasteiger partial charge on any atom is -0.316 e. The molecule has 0 aliphatic carbocycles. The first kappa shape index (κ1) is 14.2. The Morgan fingerprint density at radius 3 is 2.59 bits per heavy atom. The van der Waals surface area contributed by atoms with Gasteiger partial charge in [0.1, 0.15) is 0 Å². The molecule has 0 heterocycles. The van der Waals surface area contributed by atoms with Crippen LogP contribution in [0.4, 0.5) is 0 Å². The molecule has 0 atom stereocenters. The minimum absolute atomic E-state index is 0.746. The van der Waals surface area contributed by atoms with Crippen LogP contribution in [0.5, 0.6) is 0 Å². The van der Waals surface area contributed by atoms with Crippen LogP contribution in [-0.2, 0) is 6.54 Å². The van der Waals surface area contributed by atoms with Crippen molar-refractivity contribution in [3.8, 4) is 0 Å². The van der Waals surface area contributed by atoms with Gasteiger partial charge in [-0.2, -0.15) is 0 Å². The number of hydrogen-bond acceptors (Lipinski definition) is 2. The van der Waals surface area contributed by atoms with E-state index in [0.29, 0.717) is 0 Å². The van der Waals surface area contributed by atoms with Crippen molar-refractivity contribution in [2.45, 2.75) is 33.7 Å². The Labute approximate surface area is 106 Å². The van der Waals surface area contributed by atoms with Gasteiger partial charge in [-0.1, -0.05) is 43.7 Å². The highest BCUT2D eigenvalue weighted by molar-refractivity contribution is 5.21. The molecule has 0 amide bonds. The average Bonchev–Trinajstić information content (AvgIpc) is 2.27. The van der Waals surface area contributed by atoms with Crippen molar-refractivity contribution in [2.24, 2.45) is 5.92 Å². The lowest BCUT2D eigenvalue weighted by molar-refractivity contribution is 0.530. The van der Waals surface area contributed by atoms with Crippen molar-refractivity contribution < 1.29 is 0 Å². The number of nitrogens with one attached hydrogen (secondary N) is 2. The van der Waals surface area contributed by atoms with Crippen LogP contribution in [0.1, 0.15) is 31.4 Å². The van der Waals surface area contributed by atoms with Crippen LogP contribution in [0.3, 0.4) is 0 Å². The summed E-state index contributed by atoms with van der Waals surface area (Å²) in [5, 5.41) is 6.93. The molecule has 2 heteroatoms. The molecule has 2 nitrogen and oxygen atoms in total. The van der Waals surface area contributed by atoms with Crippen LogP contribution in [0.25, 0.3) is 0 Å². The zero-order valence-corrected chi connectivity index (χ0v) is 11.4. The Hall–Kier alpha value is -0.860. The van der Waals surface area contributed by atoms with E-state index in [-0.39, 0.29) is 0 Å². The van der Waals surface area contributed by atoms with E-state index >= 15 is 0 Å². The third-order valence-electron chi connectivity index (χ3n) is 2.67. The minimum atomic E-state index is 0.746. The molecule has 0 spiro atoms. The molecule has 0 bridgehead atoms. The summed E-state index contributed by atoms with van der Waals surface area (Å²) in [5.74, 6) is 0.746. The van der Waals surface area contributed by atoms with E-state index < -0.39 is 0 Å².